The third kappa shape index (κ3) is 6.44. The van der Waals surface area contributed by atoms with E-state index in [0.29, 0.717) is 12.2 Å². The van der Waals surface area contributed by atoms with Crippen LogP contribution >= 0.6 is 0 Å². The lowest BCUT2D eigenvalue weighted by Gasteiger charge is -2.47. The van der Waals surface area contributed by atoms with Crippen molar-refractivity contribution in [2.24, 2.45) is 0 Å². The fraction of sp³-hybridized carbons (Fsp3) is 0.364. The van der Waals surface area contributed by atoms with Gasteiger partial charge in [0.2, 0.25) is 0 Å². The highest BCUT2D eigenvalue weighted by atomic mass is 16.7. The minimum absolute atomic E-state index is 0.0562. The summed E-state index contributed by atoms with van der Waals surface area (Å²) >= 11 is 0. The summed E-state index contributed by atoms with van der Waals surface area (Å²) in [5.41, 5.74) is 1.26. The number of esters is 1. The number of carbonyl (C=O) groups excluding carboxylic acids is 1. The average molecular weight is 574 g/mol. The van der Waals surface area contributed by atoms with Crippen LogP contribution in [0.4, 0.5) is 0 Å². The normalized spacial score (nSPS) is 25.2. The van der Waals surface area contributed by atoms with E-state index in [-0.39, 0.29) is 32.7 Å². The lowest BCUT2D eigenvalue weighted by Crippen LogP contribution is -2.66. The molecule has 0 spiro atoms. The second-order valence-electron chi connectivity index (χ2n) is 10.4. The molecule has 1 fully saturated rings. The zero-order chi connectivity index (χ0) is 29.4. The number of rotatable bonds is 12. The first-order valence-electron chi connectivity index (χ1n) is 14.0. The van der Waals surface area contributed by atoms with Gasteiger partial charge in [0.25, 0.3) is 0 Å². The minimum atomic E-state index is -2.12. The van der Waals surface area contributed by atoms with Crippen LogP contribution in [-0.4, -0.2) is 54.6 Å². The van der Waals surface area contributed by atoms with Gasteiger partial charge in [-0.15, -0.1) is 0 Å². The number of hydrogen-bond donors (Lipinski definition) is 0. The lowest BCUT2D eigenvalue weighted by atomic mass is 9.74. The molecule has 5 rings (SSSR count). The Balaban J connectivity index is 1.49. The minimum Gasteiger partial charge on any atom is -0.464 e. The first kappa shape index (κ1) is 29.6. The number of allylic oxidation sites excluding steroid dienone is 1. The van der Waals surface area contributed by atoms with Gasteiger partial charge in [-0.05, 0) is 28.7 Å². The third-order valence-corrected chi connectivity index (χ3v) is 7.76. The van der Waals surface area contributed by atoms with E-state index in [1.54, 1.807) is 0 Å². The Morgan fingerprint density at radius 3 is 1.98 bits per heavy atom. The molecule has 0 saturated carbocycles. The average Bonchev–Trinajstić information content (AvgIpc) is 3.03. The first-order chi connectivity index (χ1) is 20.5. The van der Waals surface area contributed by atoms with Crippen molar-refractivity contribution in [3.63, 3.8) is 0 Å². The van der Waals surface area contributed by atoms with Gasteiger partial charge in [-0.3, -0.25) is 10.1 Å². The summed E-state index contributed by atoms with van der Waals surface area (Å²) in [6.07, 6.45) is -1.28. The van der Waals surface area contributed by atoms with Crippen molar-refractivity contribution in [2.45, 2.75) is 62.6 Å². The molecule has 1 heterocycles. The lowest BCUT2D eigenvalue weighted by molar-refractivity contribution is -0.571. The Morgan fingerprint density at radius 2 is 1.43 bits per heavy atom. The molecule has 3 aromatic rings. The van der Waals surface area contributed by atoms with E-state index in [4.69, 9.17) is 23.7 Å². The van der Waals surface area contributed by atoms with E-state index in [1.807, 2.05) is 97.1 Å². The summed E-state index contributed by atoms with van der Waals surface area (Å²) in [5.74, 6) is -0.947. The maximum absolute atomic E-state index is 13.1. The molecule has 42 heavy (non-hydrogen) atoms. The van der Waals surface area contributed by atoms with Crippen LogP contribution in [0.5, 0.6) is 0 Å². The van der Waals surface area contributed by atoms with E-state index in [2.05, 4.69) is 0 Å². The summed E-state index contributed by atoms with van der Waals surface area (Å²) in [4.78, 5) is 25.1. The molecule has 0 amide bonds. The highest BCUT2D eigenvalue weighted by Gasteiger charge is 2.65. The third-order valence-electron chi connectivity index (χ3n) is 7.76. The Labute approximate surface area is 245 Å². The molecule has 9 nitrogen and oxygen atoms in total. The summed E-state index contributed by atoms with van der Waals surface area (Å²) < 4.78 is 30.5. The summed E-state index contributed by atoms with van der Waals surface area (Å²) in [6.45, 7) is 0.886. The van der Waals surface area contributed by atoms with E-state index < -0.39 is 40.8 Å². The number of ether oxygens (including phenoxy) is 5. The highest BCUT2D eigenvalue weighted by Crippen LogP contribution is 2.43. The quantitative estimate of drug-likeness (QED) is 0.128. The molecule has 0 radical (unpaired) electrons. The van der Waals surface area contributed by atoms with Gasteiger partial charge in [-0.2, -0.15) is 0 Å². The zero-order valence-electron chi connectivity index (χ0n) is 23.5. The van der Waals surface area contributed by atoms with Crippen LogP contribution in [0.15, 0.2) is 103 Å². The molecule has 0 bridgehead atoms. The predicted octanol–water partition coefficient (Wildman–Crippen LogP) is 5.05. The van der Waals surface area contributed by atoms with Gasteiger partial charge in [0.15, 0.2) is 6.10 Å². The van der Waals surface area contributed by atoms with Crippen molar-refractivity contribution in [3.8, 4) is 0 Å². The van der Waals surface area contributed by atoms with Crippen LogP contribution in [0.3, 0.4) is 0 Å². The van der Waals surface area contributed by atoms with Crippen LogP contribution in [0.1, 0.15) is 29.5 Å². The molecule has 5 atom stereocenters. The number of hydrogen-bond acceptors (Lipinski definition) is 8. The molecule has 3 aromatic carbocycles. The second kappa shape index (κ2) is 13.8. The Morgan fingerprint density at radius 1 is 0.881 bits per heavy atom. The number of benzene rings is 3. The van der Waals surface area contributed by atoms with Crippen LogP contribution in [0.2, 0.25) is 0 Å². The number of methoxy groups -OCH3 is 1. The molecule has 1 saturated heterocycles. The smallest absolute Gasteiger partial charge is 0.387 e. The molecular weight excluding hydrogens is 538 g/mol. The maximum atomic E-state index is 13.1. The van der Waals surface area contributed by atoms with E-state index in [0.717, 1.165) is 23.8 Å². The van der Waals surface area contributed by atoms with Crippen LogP contribution < -0.4 is 0 Å². The predicted molar refractivity (Wildman–Crippen MR) is 154 cm³/mol. The number of carbonyl (C=O) groups is 1. The van der Waals surface area contributed by atoms with Crippen molar-refractivity contribution >= 4 is 5.97 Å². The summed E-state index contributed by atoms with van der Waals surface area (Å²) in [7, 11) is 1.16. The first-order valence-corrected chi connectivity index (χ1v) is 14.0. The summed E-state index contributed by atoms with van der Waals surface area (Å²) in [6, 6.07) is 29.1. The van der Waals surface area contributed by atoms with Crippen molar-refractivity contribution in [1.29, 1.82) is 0 Å². The Bertz CT molecular complexity index is 1350. The van der Waals surface area contributed by atoms with Crippen molar-refractivity contribution in [1.82, 2.24) is 0 Å². The van der Waals surface area contributed by atoms with Gasteiger partial charge in [0, 0.05) is 11.3 Å². The number of nitrogens with zero attached hydrogens (tertiary/aromatic N) is 1. The SMILES string of the molecule is COC(=O)[C@@]1([N+](=O)[O-])CCC=C2[C@@H](OCc3ccccc3)[C@@H](OCc3ccccc3)[C@@H](COCc3ccccc3)O[C@@H]21. The molecule has 0 N–H and O–H groups in total. The standard InChI is InChI=1S/C33H35NO8/c1-38-32(35)33(34(36)37)19-11-18-27-29(40-21-25-14-7-3-8-15-25)30(41-22-26-16-9-4-10-17-26)28(42-31(27)33)23-39-20-24-12-5-2-6-13-24/h2-10,12-18,28-31H,11,19-23H2,1H3/t28-,29-,30+,31+,33-/m1/s1. The Hall–Kier alpha value is -3.89. The van der Waals surface area contributed by atoms with Crippen LogP contribution in [0.25, 0.3) is 0 Å². The summed E-state index contributed by atoms with van der Waals surface area (Å²) in [5, 5.41) is 12.6. The van der Waals surface area contributed by atoms with Crippen LogP contribution in [-0.2, 0) is 48.3 Å². The molecule has 220 valence electrons. The number of nitro groups is 1. The van der Waals surface area contributed by atoms with E-state index >= 15 is 0 Å². The fourth-order valence-electron chi connectivity index (χ4n) is 5.63. The zero-order valence-corrected chi connectivity index (χ0v) is 23.5. The van der Waals surface area contributed by atoms with Gasteiger partial charge in [-0.1, -0.05) is 97.1 Å². The van der Waals surface area contributed by atoms with Gasteiger partial charge in [0.05, 0.1) is 33.5 Å². The molecule has 9 heteroatoms. The maximum Gasteiger partial charge on any atom is 0.387 e. The van der Waals surface area contributed by atoms with Gasteiger partial charge in [-0.25, -0.2) is 4.79 Å². The molecular formula is C33H35NO8. The fourth-order valence-corrected chi connectivity index (χ4v) is 5.63. The second-order valence-corrected chi connectivity index (χ2v) is 10.4. The van der Waals surface area contributed by atoms with Crippen molar-refractivity contribution < 1.29 is 33.4 Å². The molecule has 1 aliphatic heterocycles. The van der Waals surface area contributed by atoms with Gasteiger partial charge < -0.3 is 23.7 Å². The van der Waals surface area contributed by atoms with Gasteiger partial charge in [0.1, 0.15) is 18.3 Å². The highest BCUT2D eigenvalue weighted by molar-refractivity contribution is 5.81. The Kier molecular flexibility index (Phi) is 9.76. The number of fused-ring (bicyclic) bond motifs is 1. The molecule has 2 aliphatic rings. The van der Waals surface area contributed by atoms with Gasteiger partial charge >= 0.3 is 11.5 Å². The topological polar surface area (TPSA) is 106 Å². The monoisotopic (exact) mass is 573 g/mol. The largest absolute Gasteiger partial charge is 0.464 e. The molecule has 0 unspecified atom stereocenters. The molecule has 1 aliphatic carbocycles. The van der Waals surface area contributed by atoms with Crippen molar-refractivity contribution in [3.05, 3.63) is 129 Å². The van der Waals surface area contributed by atoms with E-state index in [1.165, 1.54) is 0 Å². The van der Waals surface area contributed by atoms with Crippen LogP contribution in [0, 0.1) is 10.1 Å². The van der Waals surface area contributed by atoms with Crippen molar-refractivity contribution in [2.75, 3.05) is 13.7 Å². The molecule has 0 aromatic heterocycles. The van der Waals surface area contributed by atoms with E-state index in [9.17, 15) is 14.9 Å².